The topological polar surface area (TPSA) is 21.3 Å². The van der Waals surface area contributed by atoms with E-state index in [1.165, 1.54) is 6.07 Å². The summed E-state index contributed by atoms with van der Waals surface area (Å²) in [5.74, 6) is 1.70. The molecule has 0 spiro atoms. The zero-order chi connectivity index (χ0) is 15.0. The number of hydrogen-bond acceptors (Lipinski definition) is 2. The average molecular weight is 281 g/mol. The van der Waals surface area contributed by atoms with Crippen LogP contribution in [0.1, 0.15) is 46.1 Å². The number of nitrogens with one attached hydrogen (secondary N) is 1. The van der Waals surface area contributed by atoms with Crippen molar-refractivity contribution >= 4 is 0 Å². The third-order valence-electron chi connectivity index (χ3n) is 3.20. The lowest BCUT2D eigenvalue weighted by Gasteiger charge is -2.16. The minimum absolute atomic E-state index is 0.208. The highest BCUT2D eigenvalue weighted by atomic mass is 19.1. The van der Waals surface area contributed by atoms with Crippen molar-refractivity contribution in [3.05, 3.63) is 29.6 Å². The summed E-state index contributed by atoms with van der Waals surface area (Å²) in [5.41, 5.74) is 0.898. The number of rotatable bonds is 9. The van der Waals surface area contributed by atoms with Gasteiger partial charge in [-0.05, 0) is 43.0 Å². The van der Waals surface area contributed by atoms with Crippen molar-refractivity contribution in [3.8, 4) is 5.75 Å². The monoisotopic (exact) mass is 281 g/mol. The molecule has 20 heavy (non-hydrogen) atoms. The molecule has 0 aliphatic carbocycles. The summed E-state index contributed by atoms with van der Waals surface area (Å²) >= 11 is 0. The standard InChI is InChI=1S/C17H28FNO/c1-5-6-14(4)12-20-17-8-7-16(18)9-15(17)11-19-10-13(2)3/h7-9,13-14,19H,5-6,10-12H2,1-4H3. The molecule has 0 saturated heterocycles. The molecule has 0 fully saturated rings. The molecule has 1 aromatic rings. The Morgan fingerprint density at radius 1 is 1.25 bits per heavy atom. The van der Waals surface area contributed by atoms with E-state index >= 15 is 0 Å². The van der Waals surface area contributed by atoms with Gasteiger partial charge in [-0.15, -0.1) is 0 Å². The fourth-order valence-corrected chi connectivity index (χ4v) is 2.13. The molecule has 0 bridgehead atoms. The van der Waals surface area contributed by atoms with Crippen LogP contribution in [0.4, 0.5) is 4.39 Å². The van der Waals surface area contributed by atoms with Crippen LogP contribution >= 0.6 is 0 Å². The Balaban J connectivity index is 2.59. The van der Waals surface area contributed by atoms with Crippen molar-refractivity contribution in [2.24, 2.45) is 11.8 Å². The molecular weight excluding hydrogens is 253 g/mol. The number of ether oxygens (including phenoxy) is 1. The van der Waals surface area contributed by atoms with Gasteiger partial charge in [0.2, 0.25) is 0 Å². The molecule has 1 atom stereocenters. The van der Waals surface area contributed by atoms with Crippen LogP contribution in [-0.2, 0) is 6.54 Å². The highest BCUT2D eigenvalue weighted by Crippen LogP contribution is 2.21. The molecular formula is C17H28FNO. The second-order valence-electron chi connectivity index (χ2n) is 5.98. The van der Waals surface area contributed by atoms with E-state index in [9.17, 15) is 4.39 Å². The molecule has 0 aliphatic rings. The Morgan fingerprint density at radius 2 is 2.00 bits per heavy atom. The molecule has 0 radical (unpaired) electrons. The first kappa shape index (κ1) is 17.0. The number of halogens is 1. The highest BCUT2D eigenvalue weighted by molar-refractivity contribution is 5.33. The van der Waals surface area contributed by atoms with Crippen LogP contribution in [0.15, 0.2) is 18.2 Å². The summed E-state index contributed by atoms with van der Waals surface area (Å²) < 4.78 is 19.2. The first-order valence-electron chi connectivity index (χ1n) is 7.64. The maximum absolute atomic E-state index is 13.4. The molecule has 1 N–H and O–H groups in total. The van der Waals surface area contributed by atoms with Crippen molar-refractivity contribution in [1.29, 1.82) is 0 Å². The fourth-order valence-electron chi connectivity index (χ4n) is 2.13. The van der Waals surface area contributed by atoms with Gasteiger partial charge in [-0.1, -0.05) is 34.1 Å². The largest absolute Gasteiger partial charge is 0.493 e. The van der Waals surface area contributed by atoms with Gasteiger partial charge in [-0.3, -0.25) is 0 Å². The summed E-state index contributed by atoms with van der Waals surface area (Å²) in [4.78, 5) is 0. The van der Waals surface area contributed by atoms with E-state index in [1.54, 1.807) is 12.1 Å². The van der Waals surface area contributed by atoms with E-state index in [2.05, 4.69) is 33.0 Å². The molecule has 0 aliphatic heterocycles. The average Bonchev–Trinajstić information content (AvgIpc) is 2.37. The SMILES string of the molecule is CCCC(C)COc1ccc(F)cc1CNCC(C)C. The second-order valence-corrected chi connectivity index (χ2v) is 5.98. The maximum atomic E-state index is 13.4. The molecule has 2 nitrogen and oxygen atoms in total. The molecule has 3 heteroatoms. The molecule has 0 amide bonds. The third-order valence-corrected chi connectivity index (χ3v) is 3.20. The molecule has 1 unspecified atom stereocenters. The third kappa shape index (κ3) is 6.38. The van der Waals surface area contributed by atoms with Gasteiger partial charge in [-0.2, -0.15) is 0 Å². The van der Waals surface area contributed by atoms with Crippen LogP contribution in [0.5, 0.6) is 5.75 Å². The summed E-state index contributed by atoms with van der Waals surface area (Å²) in [6.45, 7) is 10.9. The number of benzene rings is 1. The van der Waals surface area contributed by atoms with E-state index in [-0.39, 0.29) is 5.82 Å². The first-order chi connectivity index (χ1) is 9.52. The van der Waals surface area contributed by atoms with E-state index < -0.39 is 0 Å². The van der Waals surface area contributed by atoms with Gasteiger partial charge in [0.15, 0.2) is 0 Å². The molecule has 0 heterocycles. The summed E-state index contributed by atoms with van der Waals surface area (Å²) in [5, 5.41) is 3.33. The molecule has 1 rings (SSSR count). The zero-order valence-electron chi connectivity index (χ0n) is 13.2. The van der Waals surface area contributed by atoms with E-state index in [0.29, 0.717) is 25.0 Å². The van der Waals surface area contributed by atoms with Crippen LogP contribution in [0.2, 0.25) is 0 Å². The molecule has 1 aromatic carbocycles. The Bertz CT molecular complexity index is 393. The van der Waals surface area contributed by atoms with E-state index in [0.717, 1.165) is 30.7 Å². The Hall–Kier alpha value is -1.09. The van der Waals surface area contributed by atoms with E-state index in [1.807, 2.05) is 0 Å². The minimum Gasteiger partial charge on any atom is -0.493 e. The van der Waals surface area contributed by atoms with E-state index in [4.69, 9.17) is 4.74 Å². The van der Waals surface area contributed by atoms with Gasteiger partial charge in [0.05, 0.1) is 6.61 Å². The number of hydrogen-bond donors (Lipinski definition) is 1. The van der Waals surface area contributed by atoms with Crippen molar-refractivity contribution in [1.82, 2.24) is 5.32 Å². The van der Waals surface area contributed by atoms with Gasteiger partial charge in [0.25, 0.3) is 0 Å². The summed E-state index contributed by atoms with van der Waals surface area (Å²) in [6.07, 6.45) is 2.32. The molecule has 0 aromatic heterocycles. The highest BCUT2D eigenvalue weighted by Gasteiger charge is 2.08. The minimum atomic E-state index is -0.208. The fraction of sp³-hybridized carbons (Fsp3) is 0.647. The van der Waals surface area contributed by atoms with Crippen molar-refractivity contribution in [2.45, 2.75) is 47.1 Å². The Labute approximate surface area is 122 Å². The smallest absolute Gasteiger partial charge is 0.123 e. The van der Waals surface area contributed by atoms with Crippen LogP contribution in [-0.4, -0.2) is 13.2 Å². The Kier molecular flexibility index (Phi) is 7.60. The van der Waals surface area contributed by atoms with Crippen LogP contribution in [0.3, 0.4) is 0 Å². The van der Waals surface area contributed by atoms with Crippen molar-refractivity contribution in [3.63, 3.8) is 0 Å². The van der Waals surface area contributed by atoms with Crippen LogP contribution in [0, 0.1) is 17.7 Å². The predicted molar refractivity (Wildman–Crippen MR) is 82.5 cm³/mol. The molecule has 0 saturated carbocycles. The quantitative estimate of drug-likeness (QED) is 0.725. The summed E-state index contributed by atoms with van der Waals surface area (Å²) in [6, 6.07) is 4.76. The van der Waals surface area contributed by atoms with Crippen LogP contribution in [0.25, 0.3) is 0 Å². The first-order valence-corrected chi connectivity index (χ1v) is 7.64. The zero-order valence-corrected chi connectivity index (χ0v) is 13.2. The maximum Gasteiger partial charge on any atom is 0.123 e. The lowest BCUT2D eigenvalue weighted by atomic mass is 10.1. The predicted octanol–water partition coefficient (Wildman–Crippen LogP) is 4.39. The van der Waals surface area contributed by atoms with Gasteiger partial charge in [0.1, 0.15) is 11.6 Å². The van der Waals surface area contributed by atoms with Gasteiger partial charge < -0.3 is 10.1 Å². The van der Waals surface area contributed by atoms with Gasteiger partial charge >= 0.3 is 0 Å². The van der Waals surface area contributed by atoms with Gasteiger partial charge in [-0.25, -0.2) is 4.39 Å². The molecule has 114 valence electrons. The van der Waals surface area contributed by atoms with Gasteiger partial charge in [0, 0.05) is 12.1 Å². The summed E-state index contributed by atoms with van der Waals surface area (Å²) in [7, 11) is 0. The lowest BCUT2D eigenvalue weighted by Crippen LogP contribution is -2.20. The second kappa shape index (κ2) is 8.96. The Morgan fingerprint density at radius 3 is 2.65 bits per heavy atom. The van der Waals surface area contributed by atoms with Crippen molar-refractivity contribution < 1.29 is 9.13 Å². The van der Waals surface area contributed by atoms with Crippen LogP contribution < -0.4 is 10.1 Å². The van der Waals surface area contributed by atoms with Crippen molar-refractivity contribution in [2.75, 3.05) is 13.2 Å². The lowest BCUT2D eigenvalue weighted by molar-refractivity contribution is 0.248. The normalized spacial score (nSPS) is 12.7.